The number of nitrogens with zero attached hydrogens (tertiary/aromatic N) is 4. The molecule has 2 saturated heterocycles. The number of carbonyl (C=O) groups is 3. The van der Waals surface area contributed by atoms with Gasteiger partial charge in [0.05, 0.1) is 43.4 Å². The van der Waals surface area contributed by atoms with Crippen molar-refractivity contribution >= 4 is 34.7 Å². The van der Waals surface area contributed by atoms with E-state index in [1.165, 1.54) is 23.5 Å². The Kier molecular flexibility index (Phi) is 14.8. The number of carbonyl (C=O) groups excluding carboxylic acids is 3. The van der Waals surface area contributed by atoms with Crippen molar-refractivity contribution in [2.75, 3.05) is 84.1 Å². The second-order valence-corrected chi connectivity index (χ2v) is 16.4. The zero-order chi connectivity index (χ0) is 42.2. The van der Waals surface area contributed by atoms with Crippen LogP contribution in [0.4, 0.5) is 23.2 Å². The Morgan fingerprint density at radius 2 is 1.88 bits per heavy atom. The third kappa shape index (κ3) is 12.1. The summed E-state index contributed by atoms with van der Waals surface area (Å²) >= 11 is 1.51. The van der Waals surface area contributed by atoms with Gasteiger partial charge in [0, 0.05) is 50.6 Å². The summed E-state index contributed by atoms with van der Waals surface area (Å²) in [6.45, 7) is 6.31. The quantitative estimate of drug-likeness (QED) is 0.0952. The van der Waals surface area contributed by atoms with Crippen LogP contribution in [0.1, 0.15) is 71.2 Å². The Bertz CT molecular complexity index is 1940. The Labute approximate surface area is 345 Å². The van der Waals surface area contributed by atoms with Gasteiger partial charge in [-0.15, -0.1) is 11.3 Å². The lowest BCUT2D eigenvalue weighted by molar-refractivity contribution is -0.161. The first kappa shape index (κ1) is 44.2. The monoisotopic (exact) mass is 848 g/mol. The van der Waals surface area contributed by atoms with Gasteiger partial charge >= 0.3 is 6.18 Å². The average Bonchev–Trinajstić information content (AvgIpc) is 3.70. The number of anilines is 1. The zero-order valence-corrected chi connectivity index (χ0v) is 34.2. The molecule has 0 bridgehead atoms. The van der Waals surface area contributed by atoms with Gasteiger partial charge in [0.2, 0.25) is 5.91 Å². The molecule has 3 aliphatic heterocycles. The first-order valence-electron chi connectivity index (χ1n) is 20.0. The summed E-state index contributed by atoms with van der Waals surface area (Å²) in [5.74, 6) is -1.07. The standard InChI is InChI=1S/C41H52F4N6O7S/c1-27(2)38-47-32(24-59-38)39(55)51-17-20-58-40(25-51)10-14-49(15-11-40)22-28-3-4-29(31(42)21-28)8-18-56-19-9-35(54)50(26-41(43,44)45)16-13-46-12-7-30-5-6-33(52)36-37(30)57-23-34(53)48-36/h3-6,21,24,27,46,52H,7-20,22-23,25-26H2,1-2H3,(H,48,53). The summed E-state index contributed by atoms with van der Waals surface area (Å²) in [4.78, 5) is 47.0. The molecule has 0 unspecified atom stereocenters. The molecule has 0 aliphatic carbocycles. The normalized spacial score (nSPS) is 16.9. The van der Waals surface area contributed by atoms with Gasteiger partial charge in [-0.2, -0.15) is 13.2 Å². The van der Waals surface area contributed by atoms with E-state index in [9.17, 15) is 32.7 Å². The van der Waals surface area contributed by atoms with Crippen LogP contribution in [0, 0.1) is 5.82 Å². The van der Waals surface area contributed by atoms with Crippen LogP contribution in [0.5, 0.6) is 11.5 Å². The molecule has 13 nitrogen and oxygen atoms in total. The molecule has 0 saturated carbocycles. The van der Waals surface area contributed by atoms with Crippen molar-refractivity contribution in [1.29, 1.82) is 0 Å². The number of amides is 3. The fourth-order valence-corrected chi connectivity index (χ4v) is 8.29. The van der Waals surface area contributed by atoms with Crippen molar-refractivity contribution in [3.8, 4) is 11.5 Å². The summed E-state index contributed by atoms with van der Waals surface area (Å²) in [5, 5.41) is 18.4. The second-order valence-electron chi connectivity index (χ2n) is 15.5. The number of phenolic OH excluding ortho intramolecular Hbond substituents is 1. The molecular weight excluding hydrogens is 797 g/mol. The predicted molar refractivity (Wildman–Crippen MR) is 212 cm³/mol. The lowest BCUT2D eigenvalue weighted by Crippen LogP contribution is -2.58. The molecule has 3 aliphatic rings. The van der Waals surface area contributed by atoms with Gasteiger partial charge in [0.15, 0.2) is 12.4 Å². The van der Waals surface area contributed by atoms with Crippen molar-refractivity contribution in [3.63, 3.8) is 0 Å². The molecule has 3 N–H and O–H groups in total. The van der Waals surface area contributed by atoms with Gasteiger partial charge in [-0.25, -0.2) is 9.37 Å². The summed E-state index contributed by atoms with van der Waals surface area (Å²) in [6.07, 6.45) is -2.72. The molecule has 6 rings (SSSR count). The number of thiazole rings is 1. The smallest absolute Gasteiger partial charge is 0.406 e. The summed E-state index contributed by atoms with van der Waals surface area (Å²) in [7, 11) is 0. The van der Waals surface area contributed by atoms with Gasteiger partial charge in [-0.1, -0.05) is 32.0 Å². The van der Waals surface area contributed by atoms with E-state index in [1.54, 1.807) is 12.1 Å². The fraction of sp³-hybridized carbons (Fsp3) is 0.561. The predicted octanol–water partition coefficient (Wildman–Crippen LogP) is 5.12. The zero-order valence-electron chi connectivity index (χ0n) is 33.4. The lowest BCUT2D eigenvalue weighted by atomic mass is 9.89. The van der Waals surface area contributed by atoms with Crippen molar-refractivity contribution in [2.24, 2.45) is 0 Å². The number of alkyl halides is 3. The van der Waals surface area contributed by atoms with Crippen LogP contribution in [0.2, 0.25) is 0 Å². The topological polar surface area (TPSA) is 146 Å². The number of fused-ring (bicyclic) bond motifs is 1. The van der Waals surface area contributed by atoms with Crippen LogP contribution in [0.25, 0.3) is 0 Å². The Morgan fingerprint density at radius 3 is 2.61 bits per heavy atom. The minimum Gasteiger partial charge on any atom is -0.506 e. The van der Waals surface area contributed by atoms with E-state index in [0.717, 1.165) is 41.4 Å². The number of halogens is 4. The van der Waals surface area contributed by atoms with Crippen LogP contribution < -0.4 is 15.4 Å². The molecule has 59 heavy (non-hydrogen) atoms. The van der Waals surface area contributed by atoms with Gasteiger partial charge in [0.1, 0.15) is 29.5 Å². The average molecular weight is 849 g/mol. The van der Waals surface area contributed by atoms with E-state index in [-0.39, 0.29) is 74.8 Å². The number of rotatable bonds is 17. The van der Waals surface area contributed by atoms with Gasteiger partial charge in [-0.3, -0.25) is 19.3 Å². The van der Waals surface area contributed by atoms with Crippen molar-refractivity contribution in [1.82, 2.24) is 25.0 Å². The molecule has 3 amide bonds. The highest BCUT2D eigenvalue weighted by Gasteiger charge is 2.41. The first-order chi connectivity index (χ1) is 28.2. The number of ether oxygens (including phenoxy) is 3. The van der Waals surface area contributed by atoms with Crippen molar-refractivity contribution < 1.29 is 51.3 Å². The third-order valence-electron chi connectivity index (χ3n) is 10.7. The number of aromatic nitrogens is 1. The second kappa shape index (κ2) is 19.8. The van der Waals surface area contributed by atoms with Gasteiger partial charge < -0.3 is 39.8 Å². The molecule has 18 heteroatoms. The molecule has 3 aromatic rings. The number of piperidine rings is 1. The maximum Gasteiger partial charge on any atom is 0.406 e. The molecular formula is C41H52F4N6O7S. The van der Waals surface area contributed by atoms with Crippen molar-refractivity contribution in [2.45, 2.75) is 70.2 Å². The lowest BCUT2D eigenvalue weighted by Gasteiger charge is -2.47. The summed E-state index contributed by atoms with van der Waals surface area (Å²) < 4.78 is 72.4. The molecule has 2 aromatic carbocycles. The number of phenols is 1. The SMILES string of the molecule is CC(C)c1nc(C(=O)N2CCOC3(CCN(Cc4ccc(CCOCCC(=O)N(CCNCCc5ccc(O)c6c5OCC(=O)N6)CC(F)(F)F)c(F)c4)CC3)C2)cs1. The van der Waals surface area contributed by atoms with E-state index in [4.69, 9.17) is 14.2 Å². The molecule has 1 aromatic heterocycles. The minimum absolute atomic E-state index is 0.0600. The number of morpholine rings is 1. The van der Waals surface area contributed by atoms with Crippen LogP contribution in [0.15, 0.2) is 35.7 Å². The molecule has 0 atom stereocenters. The summed E-state index contributed by atoms with van der Waals surface area (Å²) in [5.41, 5.74) is 2.21. The van der Waals surface area contributed by atoms with Crippen LogP contribution >= 0.6 is 11.3 Å². The highest BCUT2D eigenvalue weighted by Crippen LogP contribution is 2.39. The number of likely N-dealkylation sites (tertiary alicyclic amines) is 1. The molecule has 2 fully saturated rings. The number of hydrogen-bond donors (Lipinski definition) is 3. The molecule has 322 valence electrons. The number of nitrogens with one attached hydrogen (secondary N) is 2. The number of hydrogen-bond acceptors (Lipinski definition) is 11. The van der Waals surface area contributed by atoms with E-state index in [0.29, 0.717) is 61.8 Å². The number of benzene rings is 2. The van der Waals surface area contributed by atoms with E-state index in [1.807, 2.05) is 16.3 Å². The third-order valence-corrected chi connectivity index (χ3v) is 11.9. The Balaban J connectivity index is 0.885. The molecule has 0 radical (unpaired) electrons. The summed E-state index contributed by atoms with van der Waals surface area (Å²) in [6, 6.07) is 8.15. The maximum absolute atomic E-state index is 15.1. The highest BCUT2D eigenvalue weighted by molar-refractivity contribution is 7.09. The van der Waals surface area contributed by atoms with Crippen LogP contribution in [-0.2, 0) is 38.4 Å². The first-order valence-corrected chi connectivity index (χ1v) is 20.9. The minimum atomic E-state index is -4.59. The Morgan fingerprint density at radius 1 is 1.10 bits per heavy atom. The van der Waals surface area contributed by atoms with E-state index in [2.05, 4.69) is 34.4 Å². The largest absolute Gasteiger partial charge is 0.506 e. The number of aromatic hydroxyl groups is 1. The van der Waals surface area contributed by atoms with Crippen molar-refractivity contribution in [3.05, 3.63) is 68.9 Å². The molecule has 1 spiro atoms. The van der Waals surface area contributed by atoms with Gasteiger partial charge in [0.25, 0.3) is 11.8 Å². The van der Waals surface area contributed by atoms with E-state index < -0.39 is 30.1 Å². The highest BCUT2D eigenvalue weighted by atomic mass is 32.1. The van der Waals surface area contributed by atoms with Crippen LogP contribution in [0.3, 0.4) is 0 Å². The van der Waals surface area contributed by atoms with E-state index >= 15 is 4.39 Å². The maximum atomic E-state index is 15.1. The fourth-order valence-electron chi connectivity index (χ4n) is 7.49. The Hall–Kier alpha value is -4.36. The van der Waals surface area contributed by atoms with Crippen LogP contribution in [-0.4, -0.2) is 133 Å². The van der Waals surface area contributed by atoms with Gasteiger partial charge in [-0.05, 0) is 61.1 Å². The molecule has 4 heterocycles.